The molecule has 7 heteroatoms. The Kier molecular flexibility index (Phi) is 2530. The molecule has 0 aromatic heterocycles. The molecule has 0 amide bonds. The molecule has 0 saturated carbocycles. The molecule has 0 aromatic rings. The quantitative estimate of drug-likeness (QED) is 0.298. The van der Waals surface area contributed by atoms with Gasteiger partial charge in [-0.2, -0.15) is 0 Å². The second-order valence-electron chi connectivity index (χ2n) is 0. The predicted octanol–water partition coefficient (Wildman–Crippen LogP) is -1.65. The first-order valence-electron chi connectivity index (χ1n) is 1.41. The van der Waals surface area contributed by atoms with Crippen molar-refractivity contribution in [3.63, 3.8) is 0 Å². The number of hydrogen-bond acceptors (Lipinski definition) is 6. The van der Waals surface area contributed by atoms with Crippen molar-refractivity contribution in [3.8, 4) is 0 Å². The Hall–Kier alpha value is -1.36. The standard InChI is InChI=1S/6CHO.Ru/c6*1-2;/h6*1H;/q6*-1;+6. The van der Waals surface area contributed by atoms with Gasteiger partial charge >= 0.3 is 19.5 Å². The molecule has 0 unspecified atom stereocenters. The van der Waals surface area contributed by atoms with Gasteiger partial charge < -0.3 is 28.8 Å². The van der Waals surface area contributed by atoms with Crippen LogP contribution in [0.5, 0.6) is 0 Å². The molecule has 0 rings (SSSR count). The van der Waals surface area contributed by atoms with E-state index < -0.39 is 0 Å². The van der Waals surface area contributed by atoms with Gasteiger partial charge in [-0.25, -0.2) is 0 Å². The minimum atomic E-state index is 0. The Morgan fingerprint density at radius 1 is 0.308 bits per heavy atom. The Labute approximate surface area is 89.4 Å². The summed E-state index contributed by atoms with van der Waals surface area (Å²) in [5.41, 5.74) is 0. The van der Waals surface area contributed by atoms with Gasteiger partial charge in [-0.15, -0.1) is 0 Å². The third-order valence-corrected chi connectivity index (χ3v) is 0. The zero-order valence-corrected chi connectivity index (χ0v) is 8.01. The molecule has 0 aliphatic heterocycles. The predicted molar refractivity (Wildman–Crippen MR) is 40.5 cm³/mol. The summed E-state index contributed by atoms with van der Waals surface area (Å²) in [6.07, 6.45) is 0. The van der Waals surface area contributed by atoms with Gasteiger partial charge in [-0.05, 0) is 0 Å². The monoisotopic (exact) mass is 276 g/mol. The van der Waals surface area contributed by atoms with Crippen LogP contribution in [0.4, 0.5) is 0 Å². The molecule has 0 saturated heterocycles. The number of hydrogen-bond donors (Lipinski definition) is 0. The first-order chi connectivity index (χ1) is 6.00. The van der Waals surface area contributed by atoms with Gasteiger partial charge in [0.2, 0.25) is 0 Å². The van der Waals surface area contributed by atoms with E-state index in [4.69, 9.17) is 28.8 Å². The van der Waals surface area contributed by atoms with Gasteiger partial charge in [0.1, 0.15) is 0 Å². The number of rotatable bonds is 0. The maximum Gasteiger partial charge on any atom is 6.00 e. The molecule has 74 valence electrons. The molecular weight excluding hydrogens is 269 g/mol. The molecule has 0 radical (unpaired) electrons. The smallest absolute Gasteiger partial charge is 0.545 e. The second-order valence-corrected chi connectivity index (χ2v) is 0. The third-order valence-electron chi connectivity index (χ3n) is 0. The topological polar surface area (TPSA) is 102 Å². The van der Waals surface area contributed by atoms with Crippen molar-refractivity contribution in [2.45, 2.75) is 0 Å². The zero-order chi connectivity index (χ0) is 12.0. The van der Waals surface area contributed by atoms with Crippen LogP contribution in [0.3, 0.4) is 0 Å². The molecule has 0 heterocycles. The molecule has 0 bridgehead atoms. The maximum absolute atomic E-state index is 7.75. The molecule has 6 nitrogen and oxygen atoms in total. The van der Waals surface area contributed by atoms with E-state index in [1.165, 1.54) is 0 Å². The van der Waals surface area contributed by atoms with Crippen LogP contribution in [-0.2, 0) is 48.2 Å². The fourth-order valence-electron chi connectivity index (χ4n) is 0. The first-order valence-corrected chi connectivity index (χ1v) is 1.41. The van der Waals surface area contributed by atoms with Crippen LogP contribution >= 0.6 is 0 Å². The van der Waals surface area contributed by atoms with Crippen LogP contribution in [0.25, 0.3) is 0 Å². The Bertz CT molecular complexity index is 32.6. The Balaban J connectivity index is -0.00000000655. The summed E-state index contributed by atoms with van der Waals surface area (Å²) in [5.74, 6) is 0. The van der Waals surface area contributed by atoms with Crippen LogP contribution in [0, 0.1) is 0 Å². The van der Waals surface area contributed by atoms with Crippen LogP contribution in [0.15, 0.2) is 0 Å². The number of carbonyl (C=O) groups excluding carboxylic acids is 6. The van der Waals surface area contributed by atoms with E-state index >= 15 is 0 Å². The largest absolute Gasteiger partial charge is 6.00 e. The fourth-order valence-corrected chi connectivity index (χ4v) is 0. The molecular formula is C6H6O6Ru. The minimum Gasteiger partial charge on any atom is -0.545 e. The second kappa shape index (κ2) is 538. The summed E-state index contributed by atoms with van der Waals surface area (Å²) in [4.78, 5) is 46.5. The molecule has 0 N–H and O–H groups in total. The van der Waals surface area contributed by atoms with Gasteiger partial charge in [-0.3, -0.25) is 40.7 Å². The van der Waals surface area contributed by atoms with E-state index in [1.54, 1.807) is 0 Å². The van der Waals surface area contributed by atoms with Crippen LogP contribution in [-0.4, -0.2) is 40.7 Å². The molecule has 0 atom stereocenters. The van der Waals surface area contributed by atoms with Gasteiger partial charge in [0.05, 0.1) is 0 Å². The zero-order valence-electron chi connectivity index (χ0n) is 6.27. The van der Waals surface area contributed by atoms with Gasteiger partial charge in [0, 0.05) is 0 Å². The average Bonchev–Trinajstić information content (AvgIpc) is 2.33. The summed E-state index contributed by atoms with van der Waals surface area (Å²) in [7, 11) is 0. The van der Waals surface area contributed by atoms with Crippen molar-refractivity contribution >= 4 is 40.7 Å². The summed E-state index contributed by atoms with van der Waals surface area (Å²) >= 11 is 0. The molecule has 0 fully saturated rings. The average molecular weight is 275 g/mol. The van der Waals surface area contributed by atoms with Crippen molar-refractivity contribution in [3.05, 3.63) is 0 Å². The van der Waals surface area contributed by atoms with E-state index in [1.807, 2.05) is 0 Å². The van der Waals surface area contributed by atoms with E-state index in [9.17, 15) is 0 Å². The fraction of sp³-hybridized carbons (Fsp3) is 0. The van der Waals surface area contributed by atoms with E-state index in [-0.39, 0.29) is 19.5 Å². The van der Waals surface area contributed by atoms with Gasteiger partial charge in [0.15, 0.2) is 0 Å². The minimum absolute atomic E-state index is 0. The summed E-state index contributed by atoms with van der Waals surface area (Å²) in [6.45, 7) is 19.5. The Morgan fingerprint density at radius 2 is 0.308 bits per heavy atom. The normalized spacial score (nSPS) is 1.85. The van der Waals surface area contributed by atoms with Crippen LogP contribution in [0.2, 0.25) is 0 Å². The molecule has 0 aromatic carbocycles. The first kappa shape index (κ1) is 61.2. The third kappa shape index (κ3) is 432. The van der Waals surface area contributed by atoms with E-state index in [2.05, 4.69) is 40.7 Å². The molecule has 0 aliphatic rings. The van der Waals surface area contributed by atoms with Crippen LogP contribution in [0.1, 0.15) is 0 Å². The molecule has 0 spiro atoms. The van der Waals surface area contributed by atoms with Gasteiger partial charge in [0.25, 0.3) is 0 Å². The molecule has 0 aliphatic carbocycles. The SMILES string of the molecule is [CH-]=O.[CH-]=O.[CH-]=O.[CH-]=O.[CH-]=O.[CH-]=O.[Ru+6]. The van der Waals surface area contributed by atoms with Crippen molar-refractivity contribution in [1.29, 1.82) is 0 Å². The van der Waals surface area contributed by atoms with Crippen molar-refractivity contribution in [2.75, 3.05) is 0 Å². The Morgan fingerprint density at radius 3 is 0.308 bits per heavy atom. The summed E-state index contributed by atoms with van der Waals surface area (Å²) < 4.78 is 0. The summed E-state index contributed by atoms with van der Waals surface area (Å²) in [6, 6.07) is 0. The van der Waals surface area contributed by atoms with Gasteiger partial charge in [-0.1, -0.05) is 0 Å². The van der Waals surface area contributed by atoms with Crippen LogP contribution < -0.4 is 0 Å². The van der Waals surface area contributed by atoms with E-state index in [0.717, 1.165) is 0 Å². The van der Waals surface area contributed by atoms with E-state index in [0.29, 0.717) is 0 Å². The van der Waals surface area contributed by atoms with Crippen molar-refractivity contribution < 1.29 is 48.2 Å². The summed E-state index contributed by atoms with van der Waals surface area (Å²) in [5, 5.41) is 0. The molecule has 13 heavy (non-hydrogen) atoms. The van der Waals surface area contributed by atoms with Crippen molar-refractivity contribution in [2.24, 2.45) is 0 Å². The maximum atomic E-state index is 7.75. The van der Waals surface area contributed by atoms with Crippen molar-refractivity contribution in [1.82, 2.24) is 0 Å².